The lowest BCUT2D eigenvalue weighted by Crippen LogP contribution is -2.26. The monoisotopic (exact) mass is 350 g/mol. The van der Waals surface area contributed by atoms with Gasteiger partial charge in [-0.15, -0.1) is 5.10 Å². The molecule has 0 atom stereocenters. The topological polar surface area (TPSA) is 116 Å². The number of hydrogen-bond acceptors (Lipinski definition) is 6. The Morgan fingerprint density at radius 2 is 2.17 bits per heavy atom. The maximum Gasteiger partial charge on any atom is 0.282 e. The minimum absolute atomic E-state index is 0.0893. The fraction of sp³-hybridized carbons (Fsp3) is 0.429. The van der Waals surface area contributed by atoms with Gasteiger partial charge in [0.2, 0.25) is 0 Å². The number of amides is 1. The van der Waals surface area contributed by atoms with Gasteiger partial charge in [-0.1, -0.05) is 24.4 Å². The first-order chi connectivity index (χ1) is 11.6. The van der Waals surface area contributed by atoms with Gasteiger partial charge in [-0.2, -0.15) is 0 Å². The van der Waals surface area contributed by atoms with E-state index < -0.39 is 10.8 Å². The van der Waals surface area contributed by atoms with Gasteiger partial charge >= 0.3 is 0 Å². The molecule has 0 spiro atoms. The second kappa shape index (κ2) is 6.91. The largest absolute Gasteiger partial charge is 0.344 e. The Labute approximate surface area is 142 Å². The number of nitro groups is 1. The number of rotatable bonds is 5. The standard InChI is InChI=1S/C14H15ClN6O3/c15-9-5-6-12(21(23)24)11(7-9)14(22)16-8-13-17-18-19-20(13)10-3-1-2-4-10/h5-7,10H,1-4,8H2,(H,16,22). The van der Waals surface area contributed by atoms with Crippen LogP contribution < -0.4 is 5.32 Å². The molecular weight excluding hydrogens is 336 g/mol. The maximum atomic E-state index is 12.3. The van der Waals surface area contributed by atoms with E-state index in [1.807, 2.05) is 0 Å². The average Bonchev–Trinajstić information content (AvgIpc) is 3.22. The van der Waals surface area contributed by atoms with Crippen LogP contribution in [0.4, 0.5) is 5.69 Å². The third-order valence-corrected chi connectivity index (χ3v) is 4.27. The summed E-state index contributed by atoms with van der Waals surface area (Å²) in [5.74, 6) is -0.0647. The lowest BCUT2D eigenvalue weighted by molar-refractivity contribution is -0.385. The van der Waals surface area contributed by atoms with Crippen LogP contribution in [0.15, 0.2) is 18.2 Å². The van der Waals surface area contributed by atoms with Crippen LogP contribution in [0.5, 0.6) is 0 Å². The van der Waals surface area contributed by atoms with Crippen molar-refractivity contribution in [3.63, 3.8) is 0 Å². The molecule has 1 heterocycles. The van der Waals surface area contributed by atoms with E-state index in [0.29, 0.717) is 5.82 Å². The van der Waals surface area contributed by atoms with Crippen LogP contribution in [-0.2, 0) is 6.54 Å². The number of nitrogens with zero attached hydrogens (tertiary/aromatic N) is 5. The smallest absolute Gasteiger partial charge is 0.282 e. The molecule has 1 N–H and O–H groups in total. The maximum absolute atomic E-state index is 12.3. The van der Waals surface area contributed by atoms with E-state index in [2.05, 4.69) is 20.8 Å². The van der Waals surface area contributed by atoms with Crippen molar-refractivity contribution >= 4 is 23.2 Å². The van der Waals surface area contributed by atoms with Crippen LogP contribution in [0, 0.1) is 10.1 Å². The molecule has 0 bridgehead atoms. The summed E-state index contributed by atoms with van der Waals surface area (Å²) in [6, 6.07) is 4.10. The number of halogens is 1. The fourth-order valence-electron chi connectivity index (χ4n) is 2.87. The van der Waals surface area contributed by atoms with E-state index in [1.165, 1.54) is 18.2 Å². The molecule has 1 fully saturated rings. The van der Waals surface area contributed by atoms with Crippen LogP contribution in [0.25, 0.3) is 0 Å². The van der Waals surface area contributed by atoms with Gasteiger partial charge < -0.3 is 5.32 Å². The van der Waals surface area contributed by atoms with Gasteiger partial charge in [0.1, 0.15) is 5.56 Å². The summed E-state index contributed by atoms with van der Waals surface area (Å²) in [6.45, 7) is 0.0893. The lowest BCUT2D eigenvalue weighted by atomic mass is 10.1. The lowest BCUT2D eigenvalue weighted by Gasteiger charge is -2.11. The van der Waals surface area contributed by atoms with Gasteiger partial charge in [-0.25, -0.2) is 4.68 Å². The molecule has 1 saturated carbocycles. The van der Waals surface area contributed by atoms with Gasteiger partial charge in [0.25, 0.3) is 11.6 Å². The number of aromatic nitrogens is 4. The summed E-state index contributed by atoms with van der Waals surface area (Å²) >= 11 is 5.84. The zero-order chi connectivity index (χ0) is 17.1. The third kappa shape index (κ3) is 3.35. The van der Waals surface area contributed by atoms with Gasteiger partial charge in [-0.3, -0.25) is 14.9 Å². The number of tetrazole rings is 1. The van der Waals surface area contributed by atoms with Crippen LogP contribution in [0.1, 0.15) is 47.9 Å². The van der Waals surface area contributed by atoms with E-state index >= 15 is 0 Å². The van der Waals surface area contributed by atoms with Crippen molar-refractivity contribution in [2.24, 2.45) is 0 Å². The van der Waals surface area contributed by atoms with Crippen molar-refractivity contribution in [1.82, 2.24) is 25.5 Å². The Hall–Kier alpha value is -2.55. The molecular formula is C14H15ClN6O3. The van der Waals surface area contributed by atoms with E-state index in [4.69, 9.17) is 11.6 Å². The second-order valence-electron chi connectivity index (χ2n) is 5.58. The molecule has 10 heteroatoms. The Bertz CT molecular complexity index is 772. The molecule has 24 heavy (non-hydrogen) atoms. The normalized spacial score (nSPS) is 14.7. The van der Waals surface area contributed by atoms with Crippen molar-refractivity contribution in [2.75, 3.05) is 0 Å². The first-order valence-corrected chi connectivity index (χ1v) is 7.93. The molecule has 2 aromatic rings. The van der Waals surface area contributed by atoms with E-state index in [1.54, 1.807) is 4.68 Å². The average molecular weight is 351 g/mol. The predicted octanol–water partition coefficient (Wildman–Crippen LogP) is 2.28. The number of nitro benzene ring substituents is 1. The first kappa shape index (κ1) is 16.3. The molecule has 1 amide bonds. The van der Waals surface area contributed by atoms with Crippen LogP contribution in [-0.4, -0.2) is 31.0 Å². The van der Waals surface area contributed by atoms with Gasteiger partial charge in [0.15, 0.2) is 5.82 Å². The zero-order valence-electron chi connectivity index (χ0n) is 12.7. The number of benzene rings is 1. The molecule has 9 nitrogen and oxygen atoms in total. The van der Waals surface area contributed by atoms with Crippen molar-refractivity contribution in [3.8, 4) is 0 Å². The van der Waals surface area contributed by atoms with Crippen molar-refractivity contribution in [2.45, 2.75) is 38.3 Å². The summed E-state index contributed by atoms with van der Waals surface area (Å²) in [6.07, 6.45) is 4.27. The number of carbonyl (C=O) groups is 1. The first-order valence-electron chi connectivity index (χ1n) is 7.55. The summed E-state index contributed by atoms with van der Waals surface area (Å²) in [4.78, 5) is 22.7. The minimum Gasteiger partial charge on any atom is -0.344 e. The molecule has 0 radical (unpaired) electrons. The molecule has 0 unspecified atom stereocenters. The molecule has 1 aromatic heterocycles. The Morgan fingerprint density at radius 1 is 1.42 bits per heavy atom. The van der Waals surface area contributed by atoms with E-state index in [0.717, 1.165) is 25.7 Å². The van der Waals surface area contributed by atoms with Crippen molar-refractivity contribution < 1.29 is 9.72 Å². The Kier molecular flexibility index (Phi) is 4.70. The van der Waals surface area contributed by atoms with E-state index in [-0.39, 0.29) is 28.9 Å². The highest BCUT2D eigenvalue weighted by Crippen LogP contribution is 2.29. The highest BCUT2D eigenvalue weighted by atomic mass is 35.5. The molecule has 0 saturated heterocycles. The SMILES string of the molecule is O=C(NCc1nnnn1C1CCCC1)c1cc(Cl)ccc1[N+](=O)[O-]. The quantitative estimate of drug-likeness (QED) is 0.653. The van der Waals surface area contributed by atoms with Crippen molar-refractivity contribution in [1.29, 1.82) is 0 Å². The highest BCUT2D eigenvalue weighted by Gasteiger charge is 2.23. The van der Waals surface area contributed by atoms with Gasteiger partial charge in [0.05, 0.1) is 17.5 Å². The Balaban J connectivity index is 1.74. The number of nitrogens with one attached hydrogen (secondary N) is 1. The summed E-state index contributed by atoms with van der Waals surface area (Å²) in [5, 5.41) is 25.5. The summed E-state index contributed by atoms with van der Waals surface area (Å²) in [5.41, 5.74) is -0.389. The van der Waals surface area contributed by atoms with Gasteiger partial charge in [0, 0.05) is 11.1 Å². The molecule has 126 valence electrons. The van der Waals surface area contributed by atoms with Crippen LogP contribution in [0.3, 0.4) is 0 Å². The Morgan fingerprint density at radius 3 is 2.88 bits per heavy atom. The third-order valence-electron chi connectivity index (χ3n) is 4.04. The predicted molar refractivity (Wildman–Crippen MR) is 84.6 cm³/mol. The molecule has 1 aromatic carbocycles. The molecule has 1 aliphatic carbocycles. The van der Waals surface area contributed by atoms with Crippen molar-refractivity contribution in [3.05, 3.63) is 44.7 Å². The fourth-order valence-corrected chi connectivity index (χ4v) is 3.04. The molecule has 3 rings (SSSR count). The van der Waals surface area contributed by atoms with E-state index in [9.17, 15) is 14.9 Å². The van der Waals surface area contributed by atoms with Crippen LogP contribution in [0.2, 0.25) is 5.02 Å². The highest BCUT2D eigenvalue weighted by molar-refractivity contribution is 6.31. The molecule has 1 aliphatic rings. The number of hydrogen-bond donors (Lipinski definition) is 1. The summed E-state index contributed by atoms with van der Waals surface area (Å²) < 4.78 is 1.72. The van der Waals surface area contributed by atoms with Crippen LogP contribution >= 0.6 is 11.6 Å². The minimum atomic E-state index is -0.617. The molecule has 0 aliphatic heterocycles. The summed E-state index contributed by atoms with van der Waals surface area (Å²) in [7, 11) is 0. The zero-order valence-corrected chi connectivity index (χ0v) is 13.4. The number of carbonyl (C=O) groups excluding carboxylic acids is 1. The van der Waals surface area contributed by atoms with Gasteiger partial charge in [-0.05, 0) is 35.4 Å². The second-order valence-corrected chi connectivity index (χ2v) is 6.02.